The second-order valence-electron chi connectivity index (χ2n) is 5.88. The number of halogens is 3. The fourth-order valence-electron chi connectivity index (χ4n) is 2.73. The molecule has 5 nitrogen and oxygen atoms in total. The van der Waals surface area contributed by atoms with E-state index in [0.717, 1.165) is 12.1 Å². The number of hydrogen-bond donors (Lipinski definition) is 0. The largest absolute Gasteiger partial charge is 0.435 e. The smallest absolute Gasteiger partial charge is 0.416 e. The zero-order valence-corrected chi connectivity index (χ0v) is 14.2. The molecule has 28 heavy (non-hydrogen) atoms. The maximum atomic E-state index is 12.7. The summed E-state index contributed by atoms with van der Waals surface area (Å²) in [6, 6.07) is 14.3. The number of pyridine rings is 2. The van der Waals surface area contributed by atoms with Crippen molar-refractivity contribution in [3.63, 3.8) is 0 Å². The molecule has 4 rings (SSSR count). The van der Waals surface area contributed by atoms with Crippen molar-refractivity contribution in [3.8, 4) is 28.7 Å². The number of benzene rings is 1. The van der Waals surface area contributed by atoms with E-state index in [0.29, 0.717) is 17.1 Å². The Morgan fingerprint density at radius 2 is 1.68 bits per heavy atom. The Bertz CT molecular complexity index is 1160. The summed E-state index contributed by atoms with van der Waals surface area (Å²) in [6.07, 6.45) is -1.45. The highest BCUT2D eigenvalue weighted by molar-refractivity contribution is 5.60. The highest BCUT2D eigenvalue weighted by Gasteiger charge is 2.30. The van der Waals surface area contributed by atoms with E-state index in [-0.39, 0.29) is 17.2 Å². The second-order valence-corrected chi connectivity index (χ2v) is 5.88. The van der Waals surface area contributed by atoms with Crippen LogP contribution in [-0.4, -0.2) is 14.5 Å². The van der Waals surface area contributed by atoms with Crippen molar-refractivity contribution in [1.29, 1.82) is 0 Å². The van der Waals surface area contributed by atoms with Gasteiger partial charge in [-0.2, -0.15) is 13.2 Å². The van der Waals surface area contributed by atoms with E-state index < -0.39 is 11.7 Å². The highest BCUT2D eigenvalue weighted by atomic mass is 19.4. The van der Waals surface area contributed by atoms with Crippen LogP contribution in [0.15, 0.2) is 82.3 Å². The Kier molecular flexibility index (Phi) is 4.31. The van der Waals surface area contributed by atoms with Crippen molar-refractivity contribution in [3.05, 3.63) is 89.0 Å². The summed E-state index contributed by atoms with van der Waals surface area (Å²) in [6.45, 7) is 0. The molecule has 0 aliphatic carbocycles. The van der Waals surface area contributed by atoms with E-state index in [1.54, 1.807) is 36.5 Å². The quantitative estimate of drug-likeness (QED) is 0.520. The van der Waals surface area contributed by atoms with Crippen LogP contribution in [0.5, 0.6) is 0 Å². The summed E-state index contributed by atoms with van der Waals surface area (Å²) >= 11 is 0. The number of oxazole rings is 1. The first kappa shape index (κ1) is 17.7. The molecule has 0 aliphatic heterocycles. The van der Waals surface area contributed by atoms with Gasteiger partial charge in [0, 0.05) is 17.8 Å². The molecule has 0 radical (unpaired) electrons. The average molecular weight is 383 g/mol. The van der Waals surface area contributed by atoms with E-state index in [1.165, 1.54) is 29.0 Å². The lowest BCUT2D eigenvalue weighted by Gasteiger charge is -2.09. The fourth-order valence-corrected chi connectivity index (χ4v) is 2.73. The Morgan fingerprint density at radius 3 is 2.36 bits per heavy atom. The maximum Gasteiger partial charge on any atom is 0.416 e. The first-order chi connectivity index (χ1) is 13.4. The summed E-state index contributed by atoms with van der Waals surface area (Å²) < 4.78 is 45.2. The third kappa shape index (κ3) is 3.32. The van der Waals surface area contributed by atoms with Crippen LogP contribution >= 0.6 is 0 Å². The van der Waals surface area contributed by atoms with Crippen LogP contribution in [0.3, 0.4) is 0 Å². The monoisotopic (exact) mass is 383 g/mol. The van der Waals surface area contributed by atoms with Gasteiger partial charge < -0.3 is 4.42 Å². The zero-order chi connectivity index (χ0) is 19.7. The summed E-state index contributed by atoms with van der Waals surface area (Å²) in [4.78, 5) is 20.7. The van der Waals surface area contributed by atoms with Gasteiger partial charge in [-0.1, -0.05) is 24.3 Å². The van der Waals surface area contributed by atoms with E-state index in [9.17, 15) is 18.0 Å². The molecule has 1 aromatic carbocycles. The molecule has 0 atom stereocenters. The molecule has 0 fully saturated rings. The van der Waals surface area contributed by atoms with Crippen LogP contribution in [0.25, 0.3) is 28.7 Å². The van der Waals surface area contributed by atoms with Crippen molar-refractivity contribution < 1.29 is 17.6 Å². The maximum absolute atomic E-state index is 12.7. The number of alkyl halides is 3. The van der Waals surface area contributed by atoms with Gasteiger partial charge in [0.1, 0.15) is 11.5 Å². The molecule has 0 aliphatic rings. The van der Waals surface area contributed by atoms with E-state index >= 15 is 0 Å². The molecule has 0 amide bonds. The molecule has 0 unspecified atom stereocenters. The normalized spacial score (nSPS) is 11.5. The van der Waals surface area contributed by atoms with Crippen molar-refractivity contribution in [2.45, 2.75) is 6.18 Å². The minimum atomic E-state index is -4.41. The molecule has 3 heterocycles. The number of nitrogens with zero attached hydrogens (tertiary/aromatic N) is 3. The third-order valence-electron chi connectivity index (χ3n) is 4.05. The molecule has 0 bridgehead atoms. The van der Waals surface area contributed by atoms with E-state index in [4.69, 9.17) is 4.42 Å². The van der Waals surface area contributed by atoms with Gasteiger partial charge in [-0.25, -0.2) is 9.97 Å². The van der Waals surface area contributed by atoms with Crippen LogP contribution in [0, 0.1) is 0 Å². The summed E-state index contributed by atoms with van der Waals surface area (Å²) in [5.41, 5.74) is -0.243. The SMILES string of the molecule is O=c1cccc(-c2ncc(-c3ccc(C(F)(F)F)cc3)o2)n1-c1ccccn1. The topological polar surface area (TPSA) is 60.9 Å². The molecule has 140 valence electrons. The first-order valence-corrected chi connectivity index (χ1v) is 8.21. The van der Waals surface area contributed by atoms with Crippen molar-refractivity contribution >= 4 is 0 Å². The standard InChI is InChI=1S/C20H12F3N3O2/c21-20(22,23)14-9-7-13(8-10-14)16-12-25-19(28-16)15-4-3-6-18(27)26(15)17-5-1-2-11-24-17/h1-12H. The van der Waals surface area contributed by atoms with Crippen LogP contribution in [0.1, 0.15) is 5.56 Å². The van der Waals surface area contributed by atoms with Crippen LogP contribution < -0.4 is 5.56 Å². The highest BCUT2D eigenvalue weighted by Crippen LogP contribution is 2.32. The van der Waals surface area contributed by atoms with Gasteiger partial charge >= 0.3 is 6.18 Å². The minimum Gasteiger partial charge on any atom is -0.435 e. The number of rotatable bonds is 3. The van der Waals surface area contributed by atoms with E-state index in [2.05, 4.69) is 9.97 Å². The molecule has 0 saturated carbocycles. The lowest BCUT2D eigenvalue weighted by molar-refractivity contribution is -0.137. The summed E-state index contributed by atoms with van der Waals surface area (Å²) in [5.74, 6) is 0.836. The first-order valence-electron chi connectivity index (χ1n) is 8.21. The Morgan fingerprint density at radius 1 is 0.893 bits per heavy atom. The lowest BCUT2D eigenvalue weighted by atomic mass is 10.1. The Hall–Kier alpha value is -3.68. The van der Waals surface area contributed by atoms with Crippen molar-refractivity contribution in [1.82, 2.24) is 14.5 Å². The summed E-state index contributed by atoms with van der Waals surface area (Å²) in [7, 11) is 0. The van der Waals surface area contributed by atoms with Gasteiger partial charge in [0.15, 0.2) is 5.76 Å². The molecule has 0 spiro atoms. The molecular formula is C20H12F3N3O2. The van der Waals surface area contributed by atoms with Crippen molar-refractivity contribution in [2.75, 3.05) is 0 Å². The summed E-state index contributed by atoms with van der Waals surface area (Å²) in [5, 5.41) is 0. The zero-order valence-electron chi connectivity index (χ0n) is 14.2. The Balaban J connectivity index is 1.75. The van der Waals surface area contributed by atoms with E-state index in [1.807, 2.05) is 0 Å². The van der Waals surface area contributed by atoms with Gasteiger partial charge in [-0.3, -0.25) is 9.36 Å². The predicted octanol–water partition coefficient (Wildman–Crippen LogP) is 4.57. The molecule has 0 saturated heterocycles. The number of aromatic nitrogens is 3. The molecule has 3 aromatic heterocycles. The van der Waals surface area contributed by atoms with Gasteiger partial charge in [0.25, 0.3) is 5.56 Å². The molecular weight excluding hydrogens is 371 g/mol. The van der Waals surface area contributed by atoms with Crippen LogP contribution in [-0.2, 0) is 6.18 Å². The van der Waals surface area contributed by atoms with Gasteiger partial charge in [-0.05, 0) is 30.3 Å². The second kappa shape index (κ2) is 6.80. The minimum absolute atomic E-state index is 0.151. The molecule has 0 N–H and O–H groups in total. The predicted molar refractivity (Wildman–Crippen MR) is 95.8 cm³/mol. The van der Waals surface area contributed by atoms with Crippen LogP contribution in [0.4, 0.5) is 13.2 Å². The third-order valence-corrected chi connectivity index (χ3v) is 4.05. The Labute approximate surface area is 156 Å². The molecule has 4 aromatic rings. The average Bonchev–Trinajstić information content (AvgIpc) is 3.18. The van der Waals surface area contributed by atoms with Crippen molar-refractivity contribution in [2.24, 2.45) is 0 Å². The number of hydrogen-bond acceptors (Lipinski definition) is 4. The van der Waals surface area contributed by atoms with Gasteiger partial charge in [0.2, 0.25) is 5.89 Å². The van der Waals surface area contributed by atoms with Gasteiger partial charge in [-0.15, -0.1) is 0 Å². The lowest BCUT2D eigenvalue weighted by Crippen LogP contribution is -2.19. The van der Waals surface area contributed by atoms with Crippen LogP contribution in [0.2, 0.25) is 0 Å². The molecule has 8 heteroatoms. The van der Waals surface area contributed by atoms with Gasteiger partial charge in [0.05, 0.1) is 11.8 Å². The fraction of sp³-hybridized carbons (Fsp3) is 0.0500.